The maximum absolute atomic E-state index is 12.6. The Morgan fingerprint density at radius 1 is 1.47 bits per heavy atom. The Morgan fingerprint density at radius 2 is 2.32 bits per heavy atom. The van der Waals surface area contributed by atoms with Crippen molar-refractivity contribution in [2.24, 2.45) is 0 Å². The number of hydrogen-bond donors (Lipinski definition) is 1. The van der Waals surface area contributed by atoms with E-state index in [2.05, 4.69) is 11.4 Å². The van der Waals surface area contributed by atoms with Gasteiger partial charge in [0.1, 0.15) is 0 Å². The fourth-order valence-corrected chi connectivity index (χ4v) is 2.46. The zero-order valence-electron chi connectivity index (χ0n) is 11.7. The molecule has 0 fully saturated rings. The maximum Gasteiger partial charge on any atom is 0.256 e. The molecule has 0 aliphatic carbocycles. The van der Waals surface area contributed by atoms with Gasteiger partial charge in [-0.1, -0.05) is 12.1 Å². The Labute approximate surface area is 114 Å². The van der Waals surface area contributed by atoms with Gasteiger partial charge in [-0.2, -0.15) is 0 Å². The minimum atomic E-state index is 0.0887. The van der Waals surface area contributed by atoms with Gasteiger partial charge in [-0.25, -0.2) is 0 Å². The third-order valence-electron chi connectivity index (χ3n) is 3.54. The molecule has 0 aromatic heterocycles. The van der Waals surface area contributed by atoms with Crippen molar-refractivity contribution in [2.45, 2.75) is 19.8 Å². The van der Waals surface area contributed by atoms with E-state index in [1.807, 2.05) is 24.0 Å². The third-order valence-corrected chi connectivity index (χ3v) is 3.54. The van der Waals surface area contributed by atoms with Gasteiger partial charge < -0.3 is 15.0 Å². The number of methoxy groups -OCH3 is 1. The number of carbonyl (C=O) groups is 1. The number of likely N-dealkylation sites (N-methyl/N-ethyl adjacent to an activating group) is 1. The van der Waals surface area contributed by atoms with Crippen LogP contribution < -0.4 is 5.32 Å². The second-order valence-corrected chi connectivity index (χ2v) is 4.75. The van der Waals surface area contributed by atoms with E-state index in [1.165, 1.54) is 5.56 Å². The van der Waals surface area contributed by atoms with Crippen molar-refractivity contribution in [2.75, 3.05) is 38.7 Å². The van der Waals surface area contributed by atoms with Crippen LogP contribution in [0.3, 0.4) is 0 Å². The molecule has 1 heterocycles. The average Bonchev–Trinajstić information content (AvgIpc) is 2.47. The molecule has 4 heteroatoms. The number of aryl methyl sites for hydroxylation is 1. The number of nitrogens with one attached hydrogen (secondary N) is 1. The van der Waals surface area contributed by atoms with Crippen molar-refractivity contribution in [3.8, 4) is 0 Å². The van der Waals surface area contributed by atoms with E-state index in [0.29, 0.717) is 19.7 Å². The maximum atomic E-state index is 12.6. The molecular formula is C15H22N2O2. The highest BCUT2D eigenvalue weighted by atomic mass is 16.5. The van der Waals surface area contributed by atoms with Gasteiger partial charge in [-0.15, -0.1) is 0 Å². The van der Waals surface area contributed by atoms with Gasteiger partial charge in [0.25, 0.3) is 5.91 Å². The van der Waals surface area contributed by atoms with Gasteiger partial charge in [0, 0.05) is 26.7 Å². The number of carbonyl (C=O) groups excluding carboxylic acids is 1. The molecule has 1 aliphatic heterocycles. The number of hydrogen-bond acceptors (Lipinski definition) is 3. The highest BCUT2D eigenvalue weighted by Crippen LogP contribution is 2.26. The van der Waals surface area contributed by atoms with E-state index in [4.69, 9.17) is 4.74 Å². The monoisotopic (exact) mass is 262 g/mol. The van der Waals surface area contributed by atoms with Crippen LogP contribution in [0, 0.1) is 0 Å². The molecule has 1 N–H and O–H groups in total. The van der Waals surface area contributed by atoms with E-state index >= 15 is 0 Å². The lowest BCUT2D eigenvalue weighted by Crippen LogP contribution is -2.34. The first-order valence-electron chi connectivity index (χ1n) is 6.92. The van der Waals surface area contributed by atoms with Crippen molar-refractivity contribution in [3.05, 3.63) is 29.3 Å². The van der Waals surface area contributed by atoms with Crippen molar-refractivity contribution < 1.29 is 9.53 Å². The molecule has 104 valence electrons. The van der Waals surface area contributed by atoms with Gasteiger partial charge in [0.2, 0.25) is 0 Å². The SMILES string of the molecule is CCN(CCOC)C(=O)c1cccc2c1NCCC2. The van der Waals surface area contributed by atoms with Gasteiger partial charge in [-0.3, -0.25) is 4.79 Å². The molecule has 4 nitrogen and oxygen atoms in total. The molecule has 19 heavy (non-hydrogen) atoms. The minimum absolute atomic E-state index is 0.0887. The number of benzene rings is 1. The van der Waals surface area contributed by atoms with Crippen LogP contribution >= 0.6 is 0 Å². The van der Waals surface area contributed by atoms with Crippen LogP contribution in [0.1, 0.15) is 29.3 Å². The molecule has 1 aliphatic rings. The summed E-state index contributed by atoms with van der Waals surface area (Å²) in [6.07, 6.45) is 2.18. The van der Waals surface area contributed by atoms with Gasteiger partial charge >= 0.3 is 0 Å². The number of para-hydroxylation sites is 1. The van der Waals surface area contributed by atoms with Crippen molar-refractivity contribution in [1.82, 2.24) is 4.90 Å². The lowest BCUT2D eigenvalue weighted by molar-refractivity contribution is 0.0707. The predicted molar refractivity (Wildman–Crippen MR) is 76.7 cm³/mol. The summed E-state index contributed by atoms with van der Waals surface area (Å²) in [6, 6.07) is 5.99. The molecule has 2 rings (SSSR count). The Balaban J connectivity index is 2.22. The Morgan fingerprint density at radius 3 is 3.05 bits per heavy atom. The highest BCUT2D eigenvalue weighted by molar-refractivity contribution is 6.00. The van der Waals surface area contributed by atoms with E-state index in [1.54, 1.807) is 7.11 Å². The van der Waals surface area contributed by atoms with Crippen molar-refractivity contribution in [3.63, 3.8) is 0 Å². The summed E-state index contributed by atoms with van der Waals surface area (Å²) in [4.78, 5) is 14.4. The standard InChI is InChI=1S/C15H22N2O2/c1-3-17(10-11-19-2)15(18)13-8-4-6-12-7-5-9-16-14(12)13/h4,6,8,16H,3,5,7,9-11H2,1-2H3. The largest absolute Gasteiger partial charge is 0.384 e. The zero-order chi connectivity index (χ0) is 13.7. The molecular weight excluding hydrogens is 240 g/mol. The molecule has 0 saturated heterocycles. The topological polar surface area (TPSA) is 41.6 Å². The van der Waals surface area contributed by atoms with Crippen LogP contribution in [-0.2, 0) is 11.2 Å². The van der Waals surface area contributed by atoms with Gasteiger partial charge in [0.15, 0.2) is 0 Å². The van der Waals surface area contributed by atoms with Gasteiger partial charge in [-0.05, 0) is 31.4 Å². The van der Waals surface area contributed by atoms with E-state index in [0.717, 1.165) is 30.6 Å². The van der Waals surface area contributed by atoms with Crippen molar-refractivity contribution >= 4 is 11.6 Å². The fourth-order valence-electron chi connectivity index (χ4n) is 2.46. The number of amides is 1. The van der Waals surface area contributed by atoms with Crippen LogP contribution in [0.5, 0.6) is 0 Å². The summed E-state index contributed by atoms with van der Waals surface area (Å²) in [5.74, 6) is 0.0887. The minimum Gasteiger partial charge on any atom is -0.384 e. The number of ether oxygens (including phenoxy) is 1. The highest BCUT2D eigenvalue weighted by Gasteiger charge is 2.20. The van der Waals surface area contributed by atoms with Crippen LogP contribution in [0.15, 0.2) is 18.2 Å². The van der Waals surface area contributed by atoms with Crippen molar-refractivity contribution in [1.29, 1.82) is 0 Å². The van der Waals surface area contributed by atoms with Gasteiger partial charge in [0.05, 0.1) is 17.9 Å². The van der Waals surface area contributed by atoms with Crippen LogP contribution in [-0.4, -0.2) is 44.2 Å². The molecule has 0 radical (unpaired) electrons. The summed E-state index contributed by atoms with van der Waals surface area (Å²) in [5.41, 5.74) is 3.06. The zero-order valence-corrected chi connectivity index (χ0v) is 11.7. The van der Waals surface area contributed by atoms with E-state index < -0.39 is 0 Å². The molecule has 0 atom stereocenters. The summed E-state index contributed by atoms with van der Waals surface area (Å²) < 4.78 is 5.06. The van der Waals surface area contributed by atoms with Crippen LogP contribution in [0.4, 0.5) is 5.69 Å². The first kappa shape index (κ1) is 13.9. The molecule has 1 aromatic rings. The van der Waals surface area contributed by atoms with E-state index in [-0.39, 0.29) is 5.91 Å². The summed E-state index contributed by atoms with van der Waals surface area (Å²) in [7, 11) is 1.66. The third kappa shape index (κ3) is 3.07. The lowest BCUT2D eigenvalue weighted by Gasteiger charge is -2.25. The number of anilines is 1. The molecule has 0 bridgehead atoms. The number of rotatable bonds is 5. The molecule has 0 spiro atoms. The quantitative estimate of drug-likeness (QED) is 0.884. The first-order chi connectivity index (χ1) is 9.27. The molecule has 1 aromatic carbocycles. The summed E-state index contributed by atoms with van der Waals surface area (Å²) in [6.45, 7) is 4.85. The number of fused-ring (bicyclic) bond motifs is 1. The smallest absolute Gasteiger partial charge is 0.256 e. The summed E-state index contributed by atoms with van der Waals surface area (Å²) >= 11 is 0. The average molecular weight is 262 g/mol. The van der Waals surface area contributed by atoms with E-state index in [9.17, 15) is 4.79 Å². The predicted octanol–water partition coefficient (Wildman–Crippen LogP) is 2.15. The molecule has 0 saturated carbocycles. The lowest BCUT2D eigenvalue weighted by atomic mass is 9.99. The Kier molecular flexibility index (Phi) is 4.80. The van der Waals surface area contributed by atoms with Crippen LogP contribution in [0.25, 0.3) is 0 Å². The fraction of sp³-hybridized carbons (Fsp3) is 0.533. The molecule has 1 amide bonds. The van der Waals surface area contributed by atoms with Crippen LogP contribution in [0.2, 0.25) is 0 Å². The molecule has 0 unspecified atom stereocenters. The first-order valence-corrected chi connectivity index (χ1v) is 6.92. The Hall–Kier alpha value is -1.55. The number of nitrogens with zero attached hydrogens (tertiary/aromatic N) is 1. The normalized spacial score (nSPS) is 13.6. The second kappa shape index (κ2) is 6.57. The Bertz CT molecular complexity index is 446. The summed E-state index contributed by atoms with van der Waals surface area (Å²) in [5, 5.41) is 3.37. The second-order valence-electron chi connectivity index (χ2n) is 4.75.